The first kappa shape index (κ1) is 14.8. The van der Waals surface area contributed by atoms with E-state index in [0.717, 1.165) is 11.1 Å². The van der Waals surface area contributed by atoms with Gasteiger partial charge in [-0.1, -0.05) is 6.07 Å². The Labute approximate surface area is 123 Å². The van der Waals surface area contributed by atoms with Crippen molar-refractivity contribution in [2.75, 3.05) is 0 Å². The van der Waals surface area contributed by atoms with E-state index in [-0.39, 0.29) is 11.7 Å². The minimum Gasteiger partial charge on any atom is -0.477 e. The van der Waals surface area contributed by atoms with Crippen LogP contribution < -0.4 is 0 Å². The Bertz CT molecular complexity index is 752. The highest BCUT2D eigenvalue weighted by Gasteiger charge is 2.22. The summed E-state index contributed by atoms with van der Waals surface area (Å²) in [7, 11) is 0. The average molecular weight is 283 g/mol. The number of carboxylic acid groups (broad SMARTS) is 1. The summed E-state index contributed by atoms with van der Waals surface area (Å²) in [5.74, 6) is -0.981. The number of aryl methyl sites for hydroxylation is 1. The van der Waals surface area contributed by atoms with Crippen LogP contribution in [-0.2, 0) is 0 Å². The van der Waals surface area contributed by atoms with E-state index in [1.165, 1.54) is 4.68 Å². The van der Waals surface area contributed by atoms with Crippen LogP contribution in [-0.4, -0.2) is 20.9 Å². The Morgan fingerprint density at radius 3 is 2.48 bits per heavy atom. The normalized spacial score (nSPS) is 10.7. The van der Waals surface area contributed by atoms with Crippen LogP contribution in [0.15, 0.2) is 18.2 Å². The molecule has 0 saturated carbocycles. The molecule has 0 aliphatic carbocycles. The van der Waals surface area contributed by atoms with Gasteiger partial charge < -0.3 is 5.11 Å². The van der Waals surface area contributed by atoms with Crippen molar-refractivity contribution >= 4 is 5.97 Å². The van der Waals surface area contributed by atoms with Gasteiger partial charge in [0.1, 0.15) is 5.69 Å². The van der Waals surface area contributed by atoms with Gasteiger partial charge in [0.05, 0.1) is 17.3 Å². The van der Waals surface area contributed by atoms with Crippen molar-refractivity contribution in [1.82, 2.24) is 9.78 Å². The van der Waals surface area contributed by atoms with Gasteiger partial charge in [0, 0.05) is 17.2 Å². The van der Waals surface area contributed by atoms with Crippen LogP contribution in [0.1, 0.15) is 47.1 Å². The zero-order valence-corrected chi connectivity index (χ0v) is 12.5. The van der Waals surface area contributed by atoms with Crippen LogP contribution in [0, 0.1) is 25.2 Å². The SMILES string of the molecule is Cc1cc(-c2nn(C(C)C)c(C(=O)O)c2C)ccc1C#N. The molecule has 0 atom stereocenters. The molecule has 0 aliphatic rings. The van der Waals surface area contributed by atoms with E-state index in [4.69, 9.17) is 5.26 Å². The molecule has 1 N–H and O–H groups in total. The molecule has 0 spiro atoms. The van der Waals surface area contributed by atoms with Crippen molar-refractivity contribution in [3.05, 3.63) is 40.6 Å². The Kier molecular flexibility index (Phi) is 3.81. The standard InChI is InChI=1S/C16H17N3O2/c1-9(2)19-15(16(20)21)11(4)14(18-19)12-5-6-13(8-17)10(3)7-12/h5-7,9H,1-4H3,(H,20,21). The predicted octanol–water partition coefficient (Wildman–Crippen LogP) is 3.32. The van der Waals surface area contributed by atoms with Crippen molar-refractivity contribution in [1.29, 1.82) is 5.26 Å². The smallest absolute Gasteiger partial charge is 0.354 e. The monoisotopic (exact) mass is 283 g/mol. The molecule has 108 valence electrons. The summed E-state index contributed by atoms with van der Waals surface area (Å²) in [4.78, 5) is 11.5. The number of nitriles is 1. The van der Waals surface area contributed by atoms with Crippen LogP contribution in [0.25, 0.3) is 11.3 Å². The highest BCUT2D eigenvalue weighted by atomic mass is 16.4. The first-order valence-electron chi connectivity index (χ1n) is 6.70. The number of carboxylic acids is 1. The quantitative estimate of drug-likeness (QED) is 0.937. The molecule has 1 heterocycles. The van der Waals surface area contributed by atoms with E-state index in [2.05, 4.69) is 11.2 Å². The van der Waals surface area contributed by atoms with E-state index in [0.29, 0.717) is 16.8 Å². The number of carbonyl (C=O) groups is 1. The number of aromatic nitrogens is 2. The zero-order valence-electron chi connectivity index (χ0n) is 12.5. The Balaban J connectivity index is 2.65. The van der Waals surface area contributed by atoms with E-state index in [9.17, 15) is 9.90 Å². The van der Waals surface area contributed by atoms with Crippen molar-refractivity contribution < 1.29 is 9.90 Å². The van der Waals surface area contributed by atoms with Crippen LogP contribution in [0.3, 0.4) is 0 Å². The fraction of sp³-hybridized carbons (Fsp3) is 0.312. The second-order valence-electron chi connectivity index (χ2n) is 5.31. The van der Waals surface area contributed by atoms with Crippen LogP contribution >= 0.6 is 0 Å². The van der Waals surface area contributed by atoms with Crippen LogP contribution in [0.4, 0.5) is 0 Å². The second-order valence-corrected chi connectivity index (χ2v) is 5.31. The summed E-state index contributed by atoms with van der Waals surface area (Å²) in [6.07, 6.45) is 0. The van der Waals surface area contributed by atoms with Crippen molar-refractivity contribution in [3.8, 4) is 17.3 Å². The van der Waals surface area contributed by atoms with Gasteiger partial charge in [-0.15, -0.1) is 0 Å². The minimum atomic E-state index is -0.981. The molecule has 0 bridgehead atoms. The number of rotatable bonds is 3. The maximum atomic E-state index is 11.5. The molecule has 1 aromatic heterocycles. The Morgan fingerprint density at radius 2 is 2.05 bits per heavy atom. The molecular formula is C16H17N3O2. The van der Waals surface area contributed by atoms with Gasteiger partial charge in [0.15, 0.2) is 0 Å². The lowest BCUT2D eigenvalue weighted by Crippen LogP contribution is -2.12. The lowest BCUT2D eigenvalue weighted by atomic mass is 10.0. The number of aromatic carboxylic acids is 1. The molecule has 2 rings (SSSR count). The van der Waals surface area contributed by atoms with Gasteiger partial charge in [-0.05, 0) is 45.4 Å². The minimum absolute atomic E-state index is 0.0389. The summed E-state index contributed by atoms with van der Waals surface area (Å²) in [5.41, 5.74) is 3.78. The summed E-state index contributed by atoms with van der Waals surface area (Å²) < 4.78 is 1.53. The molecule has 0 fully saturated rings. The highest BCUT2D eigenvalue weighted by molar-refractivity contribution is 5.90. The van der Waals surface area contributed by atoms with Gasteiger partial charge >= 0.3 is 5.97 Å². The molecule has 0 unspecified atom stereocenters. The maximum absolute atomic E-state index is 11.5. The number of hydrogen-bond acceptors (Lipinski definition) is 3. The number of benzene rings is 1. The molecule has 0 radical (unpaired) electrons. The molecule has 0 amide bonds. The molecule has 0 saturated heterocycles. The molecule has 2 aromatic rings. The molecular weight excluding hydrogens is 266 g/mol. The third-order valence-electron chi connectivity index (χ3n) is 3.46. The zero-order chi connectivity index (χ0) is 15.7. The third kappa shape index (κ3) is 2.52. The van der Waals surface area contributed by atoms with Gasteiger partial charge in [-0.3, -0.25) is 4.68 Å². The van der Waals surface area contributed by atoms with Crippen LogP contribution in [0.5, 0.6) is 0 Å². The molecule has 0 aliphatic heterocycles. The first-order chi connectivity index (χ1) is 9.86. The fourth-order valence-corrected chi connectivity index (χ4v) is 2.36. The molecule has 1 aromatic carbocycles. The highest BCUT2D eigenvalue weighted by Crippen LogP contribution is 2.28. The lowest BCUT2D eigenvalue weighted by molar-refractivity contribution is 0.0680. The van der Waals surface area contributed by atoms with E-state index >= 15 is 0 Å². The third-order valence-corrected chi connectivity index (χ3v) is 3.46. The van der Waals surface area contributed by atoms with E-state index < -0.39 is 5.97 Å². The number of nitrogens with zero attached hydrogens (tertiary/aromatic N) is 3. The van der Waals surface area contributed by atoms with Gasteiger partial charge in [0.2, 0.25) is 0 Å². The second kappa shape index (κ2) is 5.41. The van der Waals surface area contributed by atoms with Crippen molar-refractivity contribution in [3.63, 3.8) is 0 Å². The van der Waals surface area contributed by atoms with Crippen molar-refractivity contribution in [2.24, 2.45) is 0 Å². The van der Waals surface area contributed by atoms with Crippen molar-refractivity contribution in [2.45, 2.75) is 33.7 Å². The topological polar surface area (TPSA) is 78.9 Å². The largest absolute Gasteiger partial charge is 0.477 e. The Hall–Kier alpha value is -2.61. The maximum Gasteiger partial charge on any atom is 0.354 e. The van der Waals surface area contributed by atoms with Gasteiger partial charge in [0.25, 0.3) is 0 Å². The fourth-order valence-electron chi connectivity index (χ4n) is 2.36. The summed E-state index contributed by atoms with van der Waals surface area (Å²) >= 11 is 0. The predicted molar refractivity (Wildman–Crippen MR) is 79.2 cm³/mol. The summed E-state index contributed by atoms with van der Waals surface area (Å²) in [5, 5.41) is 22.8. The van der Waals surface area contributed by atoms with Crippen LogP contribution in [0.2, 0.25) is 0 Å². The molecule has 5 nitrogen and oxygen atoms in total. The molecule has 5 heteroatoms. The summed E-state index contributed by atoms with van der Waals surface area (Å²) in [6, 6.07) is 7.49. The number of hydrogen-bond donors (Lipinski definition) is 1. The Morgan fingerprint density at radius 1 is 1.38 bits per heavy atom. The lowest BCUT2D eigenvalue weighted by Gasteiger charge is -2.07. The average Bonchev–Trinajstić information content (AvgIpc) is 2.76. The summed E-state index contributed by atoms with van der Waals surface area (Å²) in [6.45, 7) is 7.41. The van der Waals surface area contributed by atoms with Gasteiger partial charge in [-0.25, -0.2) is 4.79 Å². The molecule has 21 heavy (non-hydrogen) atoms. The first-order valence-corrected chi connectivity index (χ1v) is 6.70. The van der Waals surface area contributed by atoms with Gasteiger partial charge in [-0.2, -0.15) is 10.4 Å². The van der Waals surface area contributed by atoms with E-state index in [1.807, 2.05) is 26.8 Å². The van der Waals surface area contributed by atoms with E-state index in [1.54, 1.807) is 19.1 Å².